The number of fused-ring (bicyclic) bond motifs is 1. The first-order valence-corrected chi connectivity index (χ1v) is 11.4. The SMILES string of the molecule is CC(C)NC(=O)C1N([C@H](C)CO)C(=O)[C@@H]2[C@H](C(=O)NCc3ccccc3)[C@]3(C)CCC12O3. The van der Waals surface area contributed by atoms with Crippen molar-refractivity contribution in [2.75, 3.05) is 6.61 Å². The van der Waals surface area contributed by atoms with Crippen LogP contribution in [-0.2, 0) is 25.7 Å². The van der Waals surface area contributed by atoms with Crippen molar-refractivity contribution in [3.05, 3.63) is 35.9 Å². The second-order valence-corrected chi connectivity index (χ2v) is 9.87. The highest BCUT2D eigenvalue weighted by Crippen LogP contribution is 2.63. The molecule has 32 heavy (non-hydrogen) atoms. The molecule has 4 rings (SSSR count). The lowest BCUT2D eigenvalue weighted by Gasteiger charge is -2.36. The van der Waals surface area contributed by atoms with E-state index in [0.717, 1.165) is 5.56 Å². The molecule has 3 amide bonds. The van der Waals surface area contributed by atoms with E-state index in [2.05, 4.69) is 10.6 Å². The predicted octanol–water partition coefficient (Wildman–Crippen LogP) is 0.973. The Morgan fingerprint density at radius 2 is 1.88 bits per heavy atom. The van der Waals surface area contributed by atoms with Crippen LogP contribution >= 0.6 is 0 Å². The molecule has 3 heterocycles. The molecule has 1 spiro atoms. The van der Waals surface area contributed by atoms with Crippen LogP contribution in [0.4, 0.5) is 0 Å². The van der Waals surface area contributed by atoms with E-state index in [4.69, 9.17) is 4.74 Å². The summed E-state index contributed by atoms with van der Waals surface area (Å²) in [4.78, 5) is 41.8. The van der Waals surface area contributed by atoms with Gasteiger partial charge in [-0.15, -0.1) is 0 Å². The average Bonchev–Trinajstić information content (AvgIpc) is 3.32. The van der Waals surface area contributed by atoms with Crippen molar-refractivity contribution >= 4 is 17.7 Å². The van der Waals surface area contributed by atoms with Crippen molar-refractivity contribution < 1.29 is 24.2 Å². The number of likely N-dealkylation sites (tertiary alicyclic amines) is 1. The Morgan fingerprint density at radius 3 is 2.50 bits per heavy atom. The van der Waals surface area contributed by atoms with Gasteiger partial charge < -0.3 is 25.4 Å². The molecule has 3 N–H and O–H groups in total. The highest BCUT2D eigenvalue weighted by Gasteiger charge is 2.78. The lowest BCUT2D eigenvalue weighted by atomic mass is 9.66. The summed E-state index contributed by atoms with van der Waals surface area (Å²) in [7, 11) is 0. The molecule has 1 aromatic rings. The van der Waals surface area contributed by atoms with E-state index < -0.39 is 35.1 Å². The Kier molecular flexibility index (Phi) is 5.79. The normalized spacial score (nSPS) is 34.0. The van der Waals surface area contributed by atoms with Crippen molar-refractivity contribution in [1.82, 2.24) is 15.5 Å². The van der Waals surface area contributed by atoms with Gasteiger partial charge in [0.05, 0.1) is 30.1 Å². The first-order chi connectivity index (χ1) is 15.1. The number of ether oxygens (including phenoxy) is 1. The third kappa shape index (κ3) is 3.40. The summed E-state index contributed by atoms with van der Waals surface area (Å²) in [6, 6.07) is 8.04. The lowest BCUT2D eigenvalue weighted by Crippen LogP contribution is -2.58. The third-order valence-electron chi connectivity index (χ3n) is 7.22. The standard InChI is InChI=1S/C24H33N3O5/c1-14(2)26-21(30)19-24-11-10-23(4,32-24)17(18(24)22(31)27(19)15(3)13-28)20(29)25-12-16-8-6-5-7-9-16/h5-9,14-15,17-19,28H,10-13H2,1-4H3,(H,25,29)(H,26,30)/t15-,17-,18+,19?,23+,24?/m1/s1. The zero-order valence-corrected chi connectivity index (χ0v) is 19.1. The number of carbonyl (C=O) groups is 3. The minimum Gasteiger partial charge on any atom is -0.394 e. The zero-order valence-electron chi connectivity index (χ0n) is 19.1. The van der Waals surface area contributed by atoms with Gasteiger partial charge in [-0.25, -0.2) is 0 Å². The summed E-state index contributed by atoms with van der Waals surface area (Å²) in [5.41, 5.74) is -0.915. The largest absolute Gasteiger partial charge is 0.394 e. The van der Waals surface area contributed by atoms with E-state index in [1.165, 1.54) is 4.90 Å². The molecule has 3 aliphatic rings. The van der Waals surface area contributed by atoms with Gasteiger partial charge in [0.25, 0.3) is 0 Å². The van der Waals surface area contributed by atoms with Crippen LogP contribution in [0.3, 0.4) is 0 Å². The van der Waals surface area contributed by atoms with Gasteiger partial charge in [-0.1, -0.05) is 30.3 Å². The van der Waals surface area contributed by atoms with Gasteiger partial charge in [0.1, 0.15) is 11.6 Å². The first-order valence-electron chi connectivity index (χ1n) is 11.4. The average molecular weight is 444 g/mol. The van der Waals surface area contributed by atoms with E-state index in [9.17, 15) is 19.5 Å². The molecule has 8 heteroatoms. The molecule has 1 aromatic carbocycles. The molecule has 0 radical (unpaired) electrons. The van der Waals surface area contributed by atoms with Crippen LogP contribution in [0.15, 0.2) is 30.3 Å². The highest BCUT2D eigenvalue weighted by molar-refractivity contribution is 5.99. The minimum atomic E-state index is -1.07. The fourth-order valence-corrected chi connectivity index (χ4v) is 5.88. The smallest absolute Gasteiger partial charge is 0.246 e. The number of hydrogen-bond acceptors (Lipinski definition) is 5. The predicted molar refractivity (Wildman–Crippen MR) is 117 cm³/mol. The lowest BCUT2D eigenvalue weighted by molar-refractivity contribution is -0.149. The van der Waals surface area contributed by atoms with E-state index >= 15 is 0 Å². The molecule has 3 aliphatic heterocycles. The van der Waals surface area contributed by atoms with Crippen molar-refractivity contribution in [3.63, 3.8) is 0 Å². The molecule has 2 unspecified atom stereocenters. The number of nitrogens with one attached hydrogen (secondary N) is 2. The third-order valence-corrected chi connectivity index (χ3v) is 7.22. The summed E-state index contributed by atoms with van der Waals surface area (Å²) in [5.74, 6) is -2.28. The summed E-state index contributed by atoms with van der Waals surface area (Å²) in [5, 5.41) is 15.7. The van der Waals surface area contributed by atoms with Crippen molar-refractivity contribution in [2.45, 2.75) is 76.4 Å². The number of carbonyl (C=O) groups excluding carboxylic acids is 3. The van der Waals surface area contributed by atoms with E-state index in [1.54, 1.807) is 6.92 Å². The fraction of sp³-hybridized carbons (Fsp3) is 0.625. The quantitative estimate of drug-likeness (QED) is 0.582. The molecular formula is C24H33N3O5. The molecule has 8 nitrogen and oxygen atoms in total. The Hall–Kier alpha value is -2.45. The monoisotopic (exact) mass is 443 g/mol. The van der Waals surface area contributed by atoms with Crippen LogP contribution in [-0.4, -0.2) is 63.7 Å². The van der Waals surface area contributed by atoms with Crippen molar-refractivity contribution in [2.24, 2.45) is 11.8 Å². The van der Waals surface area contributed by atoms with Crippen molar-refractivity contribution in [3.8, 4) is 0 Å². The Labute approximate surface area is 188 Å². The number of rotatable bonds is 7. The summed E-state index contributed by atoms with van der Waals surface area (Å²) in [6.45, 7) is 7.38. The zero-order chi connectivity index (χ0) is 23.3. The number of aliphatic hydroxyl groups excluding tert-OH is 1. The van der Waals surface area contributed by atoms with Crippen LogP contribution in [0.1, 0.15) is 46.1 Å². The van der Waals surface area contributed by atoms with Crippen LogP contribution in [0.5, 0.6) is 0 Å². The van der Waals surface area contributed by atoms with E-state index in [0.29, 0.717) is 19.4 Å². The molecule has 6 atom stereocenters. The van der Waals surface area contributed by atoms with Crippen molar-refractivity contribution in [1.29, 1.82) is 0 Å². The maximum Gasteiger partial charge on any atom is 0.246 e. The topological polar surface area (TPSA) is 108 Å². The van der Waals surface area contributed by atoms with Gasteiger partial charge in [0.2, 0.25) is 17.7 Å². The second-order valence-electron chi connectivity index (χ2n) is 9.87. The molecule has 0 saturated carbocycles. The first kappa shape index (κ1) is 22.7. The number of hydrogen-bond donors (Lipinski definition) is 3. The number of nitrogens with zero attached hydrogens (tertiary/aromatic N) is 1. The molecule has 3 saturated heterocycles. The maximum absolute atomic E-state index is 13.7. The molecule has 0 aromatic heterocycles. The molecule has 174 valence electrons. The molecule has 0 aliphatic carbocycles. The van der Waals surface area contributed by atoms with Crippen LogP contribution in [0.2, 0.25) is 0 Å². The van der Waals surface area contributed by atoms with Gasteiger partial charge in [0.15, 0.2) is 0 Å². The molecular weight excluding hydrogens is 410 g/mol. The maximum atomic E-state index is 13.7. The minimum absolute atomic E-state index is 0.113. The van der Waals surface area contributed by atoms with Gasteiger partial charge in [-0.2, -0.15) is 0 Å². The van der Waals surface area contributed by atoms with Gasteiger partial charge >= 0.3 is 0 Å². The number of benzene rings is 1. The number of amides is 3. The summed E-state index contributed by atoms with van der Waals surface area (Å²) in [6.07, 6.45) is 1.11. The molecule has 3 fully saturated rings. The van der Waals surface area contributed by atoms with E-state index in [1.807, 2.05) is 51.1 Å². The van der Waals surface area contributed by atoms with Crippen LogP contribution in [0.25, 0.3) is 0 Å². The Bertz CT molecular complexity index is 906. The summed E-state index contributed by atoms with van der Waals surface area (Å²) < 4.78 is 6.50. The second kappa shape index (κ2) is 8.15. The van der Waals surface area contributed by atoms with E-state index in [-0.39, 0.29) is 30.4 Å². The number of aliphatic hydroxyl groups is 1. The Morgan fingerprint density at radius 1 is 1.19 bits per heavy atom. The van der Waals surface area contributed by atoms with Crippen LogP contribution < -0.4 is 10.6 Å². The van der Waals surface area contributed by atoms with Gasteiger partial charge in [0, 0.05) is 12.6 Å². The Balaban J connectivity index is 1.67. The fourth-order valence-electron chi connectivity index (χ4n) is 5.88. The molecule has 2 bridgehead atoms. The van der Waals surface area contributed by atoms with Gasteiger partial charge in [-0.3, -0.25) is 14.4 Å². The van der Waals surface area contributed by atoms with Gasteiger partial charge in [-0.05, 0) is 46.1 Å². The summed E-state index contributed by atoms with van der Waals surface area (Å²) >= 11 is 0. The highest BCUT2D eigenvalue weighted by atomic mass is 16.5. The van der Waals surface area contributed by atoms with Crippen LogP contribution in [0, 0.1) is 11.8 Å².